The summed E-state index contributed by atoms with van der Waals surface area (Å²) in [6.07, 6.45) is 3.50. The van der Waals surface area contributed by atoms with Gasteiger partial charge < -0.3 is 5.11 Å². The number of hydrogen-bond donors (Lipinski definition) is 1. The van der Waals surface area contributed by atoms with Crippen molar-refractivity contribution in [3.63, 3.8) is 0 Å². The van der Waals surface area contributed by atoms with Crippen LogP contribution in [0.5, 0.6) is 0 Å². The van der Waals surface area contributed by atoms with Gasteiger partial charge in [-0.3, -0.25) is 4.79 Å². The number of carboxylic acid groups (broad SMARTS) is 1. The maximum absolute atomic E-state index is 10.6. The molecule has 1 aromatic heterocycles. The number of carboxylic acids is 1. The third kappa shape index (κ3) is 1.98. The molecular formula is C9H14N4O2. The van der Waals surface area contributed by atoms with E-state index in [1.807, 2.05) is 6.92 Å². The normalized spacial score (nSPS) is 18.5. The van der Waals surface area contributed by atoms with Gasteiger partial charge >= 0.3 is 5.97 Å². The topological polar surface area (TPSA) is 80.9 Å². The van der Waals surface area contributed by atoms with Crippen LogP contribution in [0.25, 0.3) is 0 Å². The second-order valence-corrected chi connectivity index (χ2v) is 4.06. The van der Waals surface area contributed by atoms with E-state index in [1.165, 1.54) is 6.42 Å². The van der Waals surface area contributed by atoms with E-state index in [0.717, 1.165) is 18.7 Å². The van der Waals surface area contributed by atoms with Crippen LogP contribution in [-0.4, -0.2) is 31.3 Å². The predicted octanol–water partition coefficient (Wildman–Crippen LogP) is 0.976. The molecule has 1 fully saturated rings. The molecule has 2 rings (SSSR count). The summed E-state index contributed by atoms with van der Waals surface area (Å²) in [5, 5.41) is 20.2. The first-order valence-corrected chi connectivity index (χ1v) is 5.18. The molecule has 1 unspecified atom stereocenters. The van der Waals surface area contributed by atoms with Crippen molar-refractivity contribution in [2.75, 3.05) is 0 Å². The van der Waals surface area contributed by atoms with Gasteiger partial charge in [-0.15, -0.1) is 5.10 Å². The molecule has 1 N–H and O–H groups in total. The Hall–Kier alpha value is -1.46. The molecule has 0 bridgehead atoms. The van der Waals surface area contributed by atoms with Crippen LogP contribution >= 0.6 is 0 Å². The zero-order chi connectivity index (χ0) is 10.8. The van der Waals surface area contributed by atoms with Crippen molar-refractivity contribution in [1.82, 2.24) is 20.2 Å². The van der Waals surface area contributed by atoms with Crippen LogP contribution in [0.15, 0.2) is 0 Å². The Morgan fingerprint density at radius 2 is 2.40 bits per heavy atom. The van der Waals surface area contributed by atoms with Crippen molar-refractivity contribution in [3.05, 3.63) is 5.82 Å². The van der Waals surface area contributed by atoms with Gasteiger partial charge in [-0.05, 0) is 30.2 Å². The molecule has 15 heavy (non-hydrogen) atoms. The van der Waals surface area contributed by atoms with Crippen molar-refractivity contribution >= 4 is 5.97 Å². The highest BCUT2D eigenvalue weighted by Crippen LogP contribution is 2.35. The lowest BCUT2D eigenvalue weighted by atomic mass is 9.85. The first kappa shape index (κ1) is 10.1. The molecule has 0 spiro atoms. The van der Waals surface area contributed by atoms with Gasteiger partial charge in [0, 0.05) is 5.92 Å². The van der Waals surface area contributed by atoms with E-state index in [-0.39, 0.29) is 12.5 Å². The minimum Gasteiger partial charge on any atom is -0.481 e. The summed E-state index contributed by atoms with van der Waals surface area (Å²) in [7, 11) is 0. The van der Waals surface area contributed by atoms with Crippen LogP contribution < -0.4 is 0 Å². The molecule has 1 aliphatic carbocycles. The molecule has 1 saturated carbocycles. The zero-order valence-electron chi connectivity index (χ0n) is 8.63. The number of aromatic nitrogens is 4. The third-order valence-corrected chi connectivity index (χ3v) is 2.88. The van der Waals surface area contributed by atoms with E-state index < -0.39 is 5.97 Å². The van der Waals surface area contributed by atoms with E-state index in [1.54, 1.807) is 4.68 Å². The van der Waals surface area contributed by atoms with Gasteiger partial charge in [-0.25, -0.2) is 4.68 Å². The molecule has 82 valence electrons. The minimum absolute atomic E-state index is 0.0603. The fourth-order valence-corrected chi connectivity index (χ4v) is 1.79. The van der Waals surface area contributed by atoms with Crippen LogP contribution in [0, 0.1) is 0 Å². The second kappa shape index (κ2) is 3.96. The quantitative estimate of drug-likeness (QED) is 0.801. The monoisotopic (exact) mass is 210 g/mol. The molecule has 0 saturated heterocycles. The average Bonchev–Trinajstić information content (AvgIpc) is 2.48. The molecule has 0 amide bonds. The lowest BCUT2D eigenvalue weighted by Crippen LogP contribution is -2.20. The van der Waals surface area contributed by atoms with Crippen LogP contribution in [0.1, 0.15) is 50.4 Å². The first-order chi connectivity index (χ1) is 7.18. The molecule has 0 aliphatic heterocycles. The number of nitrogens with zero attached hydrogens (tertiary/aromatic N) is 4. The summed E-state index contributed by atoms with van der Waals surface area (Å²) < 4.78 is 1.65. The number of tetrazole rings is 1. The number of carbonyl (C=O) groups is 1. The molecule has 1 atom stereocenters. The number of rotatable bonds is 4. The van der Waals surface area contributed by atoms with Gasteiger partial charge in [-0.1, -0.05) is 6.42 Å². The van der Waals surface area contributed by atoms with Crippen LogP contribution in [0.4, 0.5) is 0 Å². The van der Waals surface area contributed by atoms with Crippen molar-refractivity contribution in [2.45, 2.75) is 44.6 Å². The molecule has 1 aliphatic rings. The Morgan fingerprint density at radius 1 is 1.67 bits per heavy atom. The Kier molecular flexibility index (Phi) is 2.66. The maximum atomic E-state index is 10.6. The Labute approximate surface area is 87.3 Å². The van der Waals surface area contributed by atoms with E-state index in [2.05, 4.69) is 15.5 Å². The predicted molar refractivity (Wildman–Crippen MR) is 51.4 cm³/mol. The lowest BCUT2D eigenvalue weighted by Gasteiger charge is -2.25. The van der Waals surface area contributed by atoms with E-state index >= 15 is 0 Å². The SMILES string of the molecule is CC(CC(=O)O)n1nnnc1C1CCC1. The summed E-state index contributed by atoms with van der Waals surface area (Å²) in [4.78, 5) is 10.6. The van der Waals surface area contributed by atoms with E-state index in [9.17, 15) is 4.79 Å². The summed E-state index contributed by atoms with van der Waals surface area (Å²) in [5.74, 6) is 0.448. The summed E-state index contributed by atoms with van der Waals surface area (Å²) in [6.45, 7) is 1.83. The van der Waals surface area contributed by atoms with Crippen molar-refractivity contribution in [1.29, 1.82) is 0 Å². The standard InChI is InChI=1S/C9H14N4O2/c1-6(5-8(14)15)13-9(10-11-12-13)7-3-2-4-7/h6-7H,2-5H2,1H3,(H,14,15). The molecule has 0 aromatic carbocycles. The molecule has 1 heterocycles. The minimum atomic E-state index is -0.822. The number of hydrogen-bond acceptors (Lipinski definition) is 4. The average molecular weight is 210 g/mol. The van der Waals surface area contributed by atoms with Gasteiger partial charge in [0.1, 0.15) is 0 Å². The maximum Gasteiger partial charge on any atom is 0.305 e. The highest BCUT2D eigenvalue weighted by Gasteiger charge is 2.27. The molecule has 6 heteroatoms. The zero-order valence-corrected chi connectivity index (χ0v) is 8.63. The molecular weight excluding hydrogens is 196 g/mol. The van der Waals surface area contributed by atoms with Crippen molar-refractivity contribution < 1.29 is 9.90 Å². The van der Waals surface area contributed by atoms with Crippen LogP contribution in [0.2, 0.25) is 0 Å². The van der Waals surface area contributed by atoms with E-state index in [0.29, 0.717) is 5.92 Å². The van der Waals surface area contributed by atoms with Crippen molar-refractivity contribution in [3.8, 4) is 0 Å². The highest BCUT2D eigenvalue weighted by atomic mass is 16.4. The van der Waals surface area contributed by atoms with Crippen LogP contribution in [0.3, 0.4) is 0 Å². The van der Waals surface area contributed by atoms with Gasteiger partial charge in [0.25, 0.3) is 0 Å². The van der Waals surface area contributed by atoms with Crippen molar-refractivity contribution in [2.24, 2.45) is 0 Å². The van der Waals surface area contributed by atoms with E-state index in [4.69, 9.17) is 5.11 Å². The second-order valence-electron chi connectivity index (χ2n) is 4.06. The summed E-state index contributed by atoms with van der Waals surface area (Å²) in [6, 6.07) is -0.173. The highest BCUT2D eigenvalue weighted by molar-refractivity contribution is 5.67. The van der Waals surface area contributed by atoms with Crippen LogP contribution in [-0.2, 0) is 4.79 Å². The first-order valence-electron chi connectivity index (χ1n) is 5.18. The molecule has 6 nitrogen and oxygen atoms in total. The largest absolute Gasteiger partial charge is 0.481 e. The molecule has 0 radical (unpaired) electrons. The Morgan fingerprint density at radius 3 is 2.93 bits per heavy atom. The third-order valence-electron chi connectivity index (χ3n) is 2.88. The van der Waals surface area contributed by atoms with Gasteiger partial charge in [-0.2, -0.15) is 0 Å². The smallest absolute Gasteiger partial charge is 0.305 e. The van der Waals surface area contributed by atoms with Gasteiger partial charge in [0.05, 0.1) is 12.5 Å². The Bertz CT molecular complexity index is 359. The fourth-order valence-electron chi connectivity index (χ4n) is 1.79. The summed E-state index contributed by atoms with van der Waals surface area (Å²) >= 11 is 0. The van der Waals surface area contributed by atoms with Gasteiger partial charge in [0.15, 0.2) is 5.82 Å². The fraction of sp³-hybridized carbons (Fsp3) is 0.778. The Balaban J connectivity index is 2.12. The van der Waals surface area contributed by atoms with Gasteiger partial charge in [0.2, 0.25) is 0 Å². The lowest BCUT2D eigenvalue weighted by molar-refractivity contribution is -0.137. The summed E-state index contributed by atoms with van der Waals surface area (Å²) in [5.41, 5.74) is 0. The molecule has 1 aromatic rings. The number of aliphatic carboxylic acids is 1.